The number of nitrogens with zero attached hydrogens (tertiary/aromatic N) is 1. The highest BCUT2D eigenvalue weighted by atomic mass is 35.5. The first-order chi connectivity index (χ1) is 9.11. The van der Waals surface area contributed by atoms with E-state index in [0.29, 0.717) is 5.82 Å². The number of carbonyl (C=O) groups excluding carboxylic acids is 1. The van der Waals surface area contributed by atoms with Crippen LogP contribution in [-0.2, 0) is 6.42 Å². The minimum Gasteiger partial charge on any atom is -0.305 e. The first-order valence-electron chi connectivity index (χ1n) is 5.91. The third kappa shape index (κ3) is 3.12. The van der Waals surface area contributed by atoms with E-state index < -0.39 is 11.7 Å². The van der Waals surface area contributed by atoms with Crippen molar-refractivity contribution in [3.05, 3.63) is 46.4 Å². The third-order valence-corrected chi connectivity index (χ3v) is 2.88. The predicted molar refractivity (Wildman–Crippen MR) is 71.9 cm³/mol. The van der Waals surface area contributed by atoms with E-state index in [1.165, 1.54) is 18.2 Å². The molecule has 1 aromatic heterocycles. The predicted octanol–water partition coefficient (Wildman–Crippen LogP) is 3.41. The molecule has 0 bridgehead atoms. The smallest absolute Gasteiger partial charge is 0.259 e. The molecule has 0 atom stereocenters. The number of hydrogen-bond donors (Lipinski definition) is 2. The molecule has 0 aliphatic carbocycles. The zero-order chi connectivity index (χ0) is 13.8. The van der Waals surface area contributed by atoms with Gasteiger partial charge in [0.05, 0.1) is 10.6 Å². The largest absolute Gasteiger partial charge is 0.305 e. The molecule has 0 spiro atoms. The van der Waals surface area contributed by atoms with Crippen molar-refractivity contribution in [2.45, 2.75) is 19.8 Å². The Bertz CT molecular complexity index is 597. The van der Waals surface area contributed by atoms with Gasteiger partial charge in [0.15, 0.2) is 11.6 Å². The van der Waals surface area contributed by atoms with Crippen molar-refractivity contribution in [2.75, 3.05) is 5.32 Å². The summed E-state index contributed by atoms with van der Waals surface area (Å²) in [5.41, 5.74) is 0.817. The van der Waals surface area contributed by atoms with E-state index in [4.69, 9.17) is 11.6 Å². The van der Waals surface area contributed by atoms with Crippen LogP contribution in [0.3, 0.4) is 0 Å². The van der Waals surface area contributed by atoms with Crippen LogP contribution in [-0.4, -0.2) is 16.1 Å². The Kier molecular flexibility index (Phi) is 4.16. The Labute approximate surface area is 115 Å². The zero-order valence-electron chi connectivity index (χ0n) is 10.3. The first kappa shape index (κ1) is 13.5. The number of anilines is 1. The lowest BCUT2D eigenvalue weighted by atomic mass is 10.2. The number of carbonyl (C=O) groups is 1. The van der Waals surface area contributed by atoms with Gasteiger partial charge in [-0.3, -0.25) is 9.89 Å². The van der Waals surface area contributed by atoms with E-state index in [1.54, 1.807) is 6.07 Å². The van der Waals surface area contributed by atoms with Crippen LogP contribution in [0.1, 0.15) is 29.4 Å². The number of aryl methyl sites for hydroxylation is 1. The van der Waals surface area contributed by atoms with E-state index in [0.717, 1.165) is 18.5 Å². The summed E-state index contributed by atoms with van der Waals surface area (Å²) >= 11 is 5.63. The van der Waals surface area contributed by atoms with Crippen LogP contribution >= 0.6 is 11.6 Å². The van der Waals surface area contributed by atoms with Gasteiger partial charge in [0.2, 0.25) is 0 Å². The Morgan fingerprint density at radius 2 is 2.32 bits per heavy atom. The molecule has 4 nitrogen and oxygen atoms in total. The van der Waals surface area contributed by atoms with Crippen molar-refractivity contribution < 1.29 is 9.18 Å². The molecule has 2 N–H and O–H groups in total. The number of H-pyrrole nitrogens is 1. The summed E-state index contributed by atoms with van der Waals surface area (Å²) in [5.74, 6) is -0.937. The summed E-state index contributed by atoms with van der Waals surface area (Å²) in [6.45, 7) is 2.04. The molecule has 0 fully saturated rings. The molecule has 100 valence electrons. The number of benzene rings is 1. The van der Waals surface area contributed by atoms with Gasteiger partial charge in [-0.2, -0.15) is 5.10 Å². The quantitative estimate of drug-likeness (QED) is 0.902. The molecule has 1 heterocycles. The van der Waals surface area contributed by atoms with E-state index in [-0.39, 0.29) is 10.6 Å². The lowest BCUT2D eigenvalue weighted by Gasteiger charge is -2.03. The van der Waals surface area contributed by atoms with E-state index >= 15 is 0 Å². The van der Waals surface area contributed by atoms with Crippen LogP contribution in [0.25, 0.3) is 0 Å². The highest BCUT2D eigenvalue weighted by molar-refractivity contribution is 6.31. The number of aromatic amines is 1. The number of rotatable bonds is 4. The van der Waals surface area contributed by atoms with Crippen LogP contribution in [0.4, 0.5) is 10.2 Å². The standard InChI is InChI=1S/C13H13ClFN3O/c1-2-4-8-7-11(18-17-8)16-13(19)9-5-3-6-10(14)12(9)15/h3,5-7H,2,4H2,1H3,(H2,16,17,18,19). The van der Waals surface area contributed by atoms with Crippen LogP contribution in [0.2, 0.25) is 5.02 Å². The van der Waals surface area contributed by atoms with Crippen molar-refractivity contribution >= 4 is 23.3 Å². The monoisotopic (exact) mass is 281 g/mol. The van der Waals surface area contributed by atoms with Gasteiger partial charge >= 0.3 is 0 Å². The maximum Gasteiger partial charge on any atom is 0.259 e. The van der Waals surface area contributed by atoms with Crippen molar-refractivity contribution in [3.8, 4) is 0 Å². The van der Waals surface area contributed by atoms with Crippen molar-refractivity contribution in [2.24, 2.45) is 0 Å². The van der Waals surface area contributed by atoms with Gasteiger partial charge in [0, 0.05) is 11.8 Å². The van der Waals surface area contributed by atoms with Gasteiger partial charge in [0.25, 0.3) is 5.91 Å². The molecule has 1 amide bonds. The molecule has 0 saturated heterocycles. The Hall–Kier alpha value is -1.88. The average molecular weight is 282 g/mol. The van der Waals surface area contributed by atoms with Gasteiger partial charge in [-0.15, -0.1) is 0 Å². The molecule has 2 aromatic rings. The molecule has 0 saturated carbocycles. The second-order valence-corrected chi connectivity index (χ2v) is 4.49. The highest BCUT2D eigenvalue weighted by Gasteiger charge is 2.15. The molecule has 0 aliphatic heterocycles. The summed E-state index contributed by atoms with van der Waals surface area (Å²) in [6, 6.07) is 6.01. The second kappa shape index (κ2) is 5.84. The maximum absolute atomic E-state index is 13.7. The van der Waals surface area contributed by atoms with Crippen molar-refractivity contribution in [1.29, 1.82) is 0 Å². The van der Waals surface area contributed by atoms with Crippen LogP contribution in [0, 0.1) is 5.82 Å². The number of amides is 1. The van der Waals surface area contributed by atoms with E-state index in [1.807, 2.05) is 6.92 Å². The Morgan fingerprint density at radius 1 is 1.53 bits per heavy atom. The van der Waals surface area contributed by atoms with Crippen LogP contribution < -0.4 is 5.32 Å². The second-order valence-electron chi connectivity index (χ2n) is 4.08. The fourth-order valence-corrected chi connectivity index (χ4v) is 1.86. The third-order valence-electron chi connectivity index (χ3n) is 2.59. The number of halogens is 2. The normalized spacial score (nSPS) is 10.5. The number of hydrogen-bond acceptors (Lipinski definition) is 2. The fraction of sp³-hybridized carbons (Fsp3) is 0.231. The summed E-state index contributed by atoms with van der Waals surface area (Å²) in [6.07, 6.45) is 1.81. The van der Waals surface area contributed by atoms with Gasteiger partial charge < -0.3 is 5.32 Å². The minimum absolute atomic E-state index is 0.0821. The summed E-state index contributed by atoms with van der Waals surface area (Å²) < 4.78 is 13.7. The fourth-order valence-electron chi connectivity index (χ4n) is 1.69. The van der Waals surface area contributed by atoms with Crippen molar-refractivity contribution in [1.82, 2.24) is 10.2 Å². The highest BCUT2D eigenvalue weighted by Crippen LogP contribution is 2.19. The molecular weight excluding hydrogens is 269 g/mol. The molecule has 0 radical (unpaired) electrons. The van der Waals surface area contributed by atoms with Crippen LogP contribution in [0.15, 0.2) is 24.3 Å². The van der Waals surface area contributed by atoms with Gasteiger partial charge in [-0.1, -0.05) is 31.0 Å². The zero-order valence-corrected chi connectivity index (χ0v) is 11.1. The van der Waals surface area contributed by atoms with Gasteiger partial charge in [-0.25, -0.2) is 4.39 Å². The molecule has 0 unspecified atom stereocenters. The van der Waals surface area contributed by atoms with E-state index in [9.17, 15) is 9.18 Å². The molecule has 19 heavy (non-hydrogen) atoms. The van der Waals surface area contributed by atoms with Gasteiger partial charge in [-0.05, 0) is 18.6 Å². The van der Waals surface area contributed by atoms with Gasteiger partial charge in [0.1, 0.15) is 0 Å². The summed E-state index contributed by atoms with van der Waals surface area (Å²) in [7, 11) is 0. The molecule has 0 aliphatic rings. The van der Waals surface area contributed by atoms with Crippen LogP contribution in [0.5, 0.6) is 0 Å². The van der Waals surface area contributed by atoms with E-state index in [2.05, 4.69) is 15.5 Å². The van der Waals surface area contributed by atoms with Crippen molar-refractivity contribution in [3.63, 3.8) is 0 Å². The first-order valence-corrected chi connectivity index (χ1v) is 6.29. The topological polar surface area (TPSA) is 57.8 Å². The number of aromatic nitrogens is 2. The Balaban J connectivity index is 2.14. The maximum atomic E-state index is 13.7. The Morgan fingerprint density at radius 3 is 3.05 bits per heavy atom. The summed E-state index contributed by atoms with van der Waals surface area (Å²) in [5, 5.41) is 9.19. The molecule has 2 rings (SSSR count). The summed E-state index contributed by atoms with van der Waals surface area (Å²) in [4.78, 5) is 11.9. The average Bonchev–Trinajstić information content (AvgIpc) is 2.80. The SMILES string of the molecule is CCCc1cc(NC(=O)c2cccc(Cl)c2F)n[nH]1. The molecule has 6 heteroatoms. The lowest BCUT2D eigenvalue weighted by Crippen LogP contribution is -2.14. The lowest BCUT2D eigenvalue weighted by molar-refractivity contribution is 0.102. The molecular formula is C13H13ClFN3O. The minimum atomic E-state index is -0.731. The molecule has 1 aromatic carbocycles. The number of nitrogens with one attached hydrogen (secondary N) is 2.